The van der Waals surface area contributed by atoms with E-state index in [-0.39, 0.29) is 0 Å². The predicted octanol–water partition coefficient (Wildman–Crippen LogP) is 2.46. The zero-order chi connectivity index (χ0) is 15.1. The van der Waals surface area contributed by atoms with Gasteiger partial charge in [0.25, 0.3) is 0 Å². The lowest BCUT2D eigenvalue weighted by Gasteiger charge is -2.30. The van der Waals surface area contributed by atoms with Crippen molar-refractivity contribution in [2.45, 2.75) is 51.1 Å². The average molecular weight is 292 g/mol. The van der Waals surface area contributed by atoms with E-state index in [0.29, 0.717) is 12.1 Å². The second-order valence-corrected chi connectivity index (χ2v) is 5.70. The molecule has 2 atom stereocenters. The Labute approximate surface area is 128 Å². The Morgan fingerprint density at radius 1 is 1.33 bits per heavy atom. The van der Waals surface area contributed by atoms with E-state index in [1.807, 2.05) is 0 Å². The van der Waals surface area contributed by atoms with E-state index in [9.17, 15) is 0 Å². The lowest BCUT2D eigenvalue weighted by molar-refractivity contribution is 0.0880. The van der Waals surface area contributed by atoms with Crippen LogP contribution in [-0.4, -0.2) is 32.8 Å². The standard InChI is InChI=1S/C17H28N2O2/c1-4-14(10-11-18-21-3)19-15-9-8-13-6-5-7-17(20-2)16(13)12-15/h5-7,14-15,18-19H,4,8-12H2,1-3H3. The number of hydrogen-bond donors (Lipinski definition) is 2. The molecule has 1 aliphatic rings. The molecule has 4 heteroatoms. The molecule has 0 aliphatic heterocycles. The Hall–Kier alpha value is -1.10. The first-order valence-corrected chi connectivity index (χ1v) is 7.95. The molecule has 21 heavy (non-hydrogen) atoms. The summed E-state index contributed by atoms with van der Waals surface area (Å²) in [5, 5.41) is 3.81. The van der Waals surface area contributed by atoms with Gasteiger partial charge in [0.1, 0.15) is 5.75 Å². The summed E-state index contributed by atoms with van der Waals surface area (Å²) in [5.74, 6) is 1.04. The molecule has 0 bridgehead atoms. The Kier molecular flexibility index (Phi) is 6.49. The third-order valence-corrected chi connectivity index (χ3v) is 4.37. The van der Waals surface area contributed by atoms with Gasteiger partial charge in [-0.15, -0.1) is 0 Å². The van der Waals surface area contributed by atoms with Gasteiger partial charge in [0, 0.05) is 18.6 Å². The lowest BCUT2D eigenvalue weighted by atomic mass is 9.87. The quantitative estimate of drug-likeness (QED) is 0.570. The number of rotatable bonds is 8. The highest BCUT2D eigenvalue weighted by Crippen LogP contribution is 2.29. The van der Waals surface area contributed by atoms with Crippen LogP contribution in [0.1, 0.15) is 37.3 Å². The fourth-order valence-electron chi connectivity index (χ4n) is 3.16. The number of hydrogen-bond acceptors (Lipinski definition) is 4. The highest BCUT2D eigenvalue weighted by Gasteiger charge is 2.23. The van der Waals surface area contributed by atoms with Crippen LogP contribution in [0.3, 0.4) is 0 Å². The van der Waals surface area contributed by atoms with Gasteiger partial charge in [0.2, 0.25) is 0 Å². The van der Waals surface area contributed by atoms with E-state index in [4.69, 9.17) is 9.57 Å². The first-order chi connectivity index (χ1) is 10.3. The lowest BCUT2D eigenvalue weighted by Crippen LogP contribution is -2.42. The van der Waals surface area contributed by atoms with Crippen molar-refractivity contribution in [3.05, 3.63) is 29.3 Å². The highest BCUT2D eigenvalue weighted by molar-refractivity contribution is 5.42. The maximum Gasteiger partial charge on any atom is 0.122 e. The molecule has 0 amide bonds. The van der Waals surface area contributed by atoms with Crippen LogP contribution >= 0.6 is 0 Å². The Morgan fingerprint density at radius 2 is 2.19 bits per heavy atom. The molecule has 0 spiro atoms. The predicted molar refractivity (Wildman–Crippen MR) is 85.7 cm³/mol. The van der Waals surface area contributed by atoms with Crippen LogP contribution in [0.15, 0.2) is 18.2 Å². The van der Waals surface area contributed by atoms with Crippen LogP contribution in [0.2, 0.25) is 0 Å². The molecule has 4 nitrogen and oxygen atoms in total. The summed E-state index contributed by atoms with van der Waals surface area (Å²) in [6.07, 6.45) is 5.62. The summed E-state index contributed by atoms with van der Waals surface area (Å²) in [4.78, 5) is 4.91. The third kappa shape index (κ3) is 4.43. The van der Waals surface area contributed by atoms with Crippen molar-refractivity contribution >= 4 is 0 Å². The summed E-state index contributed by atoms with van der Waals surface area (Å²) < 4.78 is 5.52. The first kappa shape index (κ1) is 16.3. The maximum absolute atomic E-state index is 5.52. The van der Waals surface area contributed by atoms with Crippen LogP contribution in [-0.2, 0) is 17.7 Å². The second kappa shape index (κ2) is 8.37. The summed E-state index contributed by atoms with van der Waals surface area (Å²) in [6.45, 7) is 3.12. The van der Waals surface area contributed by atoms with Crippen LogP contribution < -0.4 is 15.5 Å². The highest BCUT2D eigenvalue weighted by atomic mass is 16.6. The van der Waals surface area contributed by atoms with Gasteiger partial charge >= 0.3 is 0 Å². The largest absolute Gasteiger partial charge is 0.496 e. The molecule has 2 rings (SSSR count). The van der Waals surface area contributed by atoms with Crippen molar-refractivity contribution < 1.29 is 9.57 Å². The molecule has 1 aromatic rings. The monoisotopic (exact) mass is 292 g/mol. The number of methoxy groups -OCH3 is 1. The fourth-order valence-corrected chi connectivity index (χ4v) is 3.16. The van der Waals surface area contributed by atoms with Crippen LogP contribution in [0.5, 0.6) is 5.75 Å². The fraction of sp³-hybridized carbons (Fsp3) is 0.647. The molecular formula is C17H28N2O2. The van der Waals surface area contributed by atoms with Crippen molar-refractivity contribution in [2.24, 2.45) is 0 Å². The SMILES string of the molecule is CCC(CCNOC)NC1CCc2cccc(OC)c2C1. The van der Waals surface area contributed by atoms with E-state index in [1.54, 1.807) is 14.2 Å². The van der Waals surface area contributed by atoms with Crippen LogP contribution in [0, 0.1) is 0 Å². The number of hydroxylamine groups is 1. The first-order valence-electron chi connectivity index (χ1n) is 7.95. The van der Waals surface area contributed by atoms with E-state index < -0.39 is 0 Å². The number of nitrogens with one attached hydrogen (secondary N) is 2. The van der Waals surface area contributed by atoms with Gasteiger partial charge in [0.15, 0.2) is 0 Å². The number of fused-ring (bicyclic) bond motifs is 1. The van der Waals surface area contributed by atoms with E-state index in [0.717, 1.165) is 38.0 Å². The molecule has 0 radical (unpaired) electrons. The molecule has 118 valence electrons. The van der Waals surface area contributed by atoms with E-state index in [2.05, 4.69) is 35.9 Å². The zero-order valence-electron chi connectivity index (χ0n) is 13.4. The van der Waals surface area contributed by atoms with Gasteiger partial charge in [-0.25, -0.2) is 5.48 Å². The van der Waals surface area contributed by atoms with Gasteiger partial charge in [-0.3, -0.25) is 0 Å². The van der Waals surface area contributed by atoms with Crippen molar-refractivity contribution in [3.63, 3.8) is 0 Å². The van der Waals surface area contributed by atoms with Gasteiger partial charge in [0.05, 0.1) is 14.2 Å². The van der Waals surface area contributed by atoms with Crippen molar-refractivity contribution in [1.29, 1.82) is 0 Å². The van der Waals surface area contributed by atoms with E-state index in [1.165, 1.54) is 17.5 Å². The van der Waals surface area contributed by atoms with Gasteiger partial charge in [-0.05, 0) is 49.3 Å². The molecule has 0 aromatic heterocycles. The minimum absolute atomic E-state index is 0.536. The second-order valence-electron chi connectivity index (χ2n) is 5.70. The van der Waals surface area contributed by atoms with Gasteiger partial charge < -0.3 is 14.9 Å². The Morgan fingerprint density at radius 3 is 2.90 bits per heavy atom. The topological polar surface area (TPSA) is 42.5 Å². The van der Waals surface area contributed by atoms with Crippen molar-refractivity contribution in [2.75, 3.05) is 20.8 Å². The normalized spacial score (nSPS) is 19.1. The number of aryl methyl sites for hydroxylation is 1. The van der Waals surface area contributed by atoms with Gasteiger partial charge in [-0.1, -0.05) is 19.1 Å². The minimum Gasteiger partial charge on any atom is -0.496 e. The zero-order valence-corrected chi connectivity index (χ0v) is 13.4. The molecule has 1 aliphatic carbocycles. The summed E-state index contributed by atoms with van der Waals surface area (Å²) >= 11 is 0. The smallest absolute Gasteiger partial charge is 0.122 e. The third-order valence-electron chi connectivity index (χ3n) is 4.37. The molecule has 2 N–H and O–H groups in total. The van der Waals surface area contributed by atoms with Crippen molar-refractivity contribution in [3.8, 4) is 5.75 Å². The molecule has 2 unspecified atom stereocenters. The van der Waals surface area contributed by atoms with Crippen LogP contribution in [0.25, 0.3) is 0 Å². The average Bonchev–Trinajstić information content (AvgIpc) is 2.53. The molecular weight excluding hydrogens is 264 g/mol. The summed E-state index contributed by atoms with van der Waals surface area (Å²) in [7, 11) is 3.43. The summed E-state index contributed by atoms with van der Waals surface area (Å²) in [5.41, 5.74) is 5.75. The van der Waals surface area contributed by atoms with Crippen molar-refractivity contribution in [1.82, 2.24) is 10.8 Å². The van der Waals surface area contributed by atoms with Gasteiger partial charge in [-0.2, -0.15) is 0 Å². The molecule has 0 fully saturated rings. The summed E-state index contributed by atoms with van der Waals surface area (Å²) in [6, 6.07) is 7.47. The van der Waals surface area contributed by atoms with Crippen LogP contribution in [0.4, 0.5) is 0 Å². The molecule has 1 aromatic carbocycles. The minimum atomic E-state index is 0.536. The molecule has 0 saturated carbocycles. The maximum atomic E-state index is 5.52. The Bertz CT molecular complexity index is 423. The number of benzene rings is 1. The molecule has 0 heterocycles. The van der Waals surface area contributed by atoms with E-state index >= 15 is 0 Å². The number of ether oxygens (including phenoxy) is 1. The Balaban J connectivity index is 1.93. The molecule has 0 saturated heterocycles.